The van der Waals surface area contributed by atoms with Gasteiger partial charge in [-0.2, -0.15) is 5.10 Å². The first-order chi connectivity index (χ1) is 12.1. The van der Waals surface area contributed by atoms with Crippen LogP contribution in [0.2, 0.25) is 0 Å². The van der Waals surface area contributed by atoms with Crippen LogP contribution in [-0.2, 0) is 11.3 Å². The van der Waals surface area contributed by atoms with Gasteiger partial charge < -0.3 is 15.0 Å². The second kappa shape index (κ2) is 6.23. The summed E-state index contributed by atoms with van der Waals surface area (Å²) >= 11 is 0. The lowest BCUT2D eigenvalue weighted by Crippen LogP contribution is -2.52. The van der Waals surface area contributed by atoms with Crippen molar-refractivity contribution in [2.24, 2.45) is 0 Å². The molecule has 1 aromatic carbocycles. The maximum atomic E-state index is 12.8. The van der Waals surface area contributed by atoms with E-state index in [1.165, 1.54) is 0 Å². The predicted octanol–water partition coefficient (Wildman–Crippen LogP) is 1.65. The summed E-state index contributed by atoms with van der Waals surface area (Å²) in [6.45, 7) is 2.18. The molecule has 1 aromatic heterocycles. The average molecular weight is 340 g/mol. The zero-order valence-electron chi connectivity index (χ0n) is 13.9. The Bertz CT molecular complexity index is 789. The number of hydrogen-bond donors (Lipinski definition) is 1. The summed E-state index contributed by atoms with van der Waals surface area (Å²) in [7, 11) is 0. The van der Waals surface area contributed by atoms with Crippen molar-refractivity contribution < 1.29 is 14.3 Å². The summed E-state index contributed by atoms with van der Waals surface area (Å²) in [5.74, 6) is -0.0682. The lowest BCUT2D eigenvalue weighted by Gasteiger charge is -2.37. The van der Waals surface area contributed by atoms with E-state index in [1.807, 2.05) is 30.3 Å². The van der Waals surface area contributed by atoms with E-state index in [2.05, 4.69) is 10.4 Å². The van der Waals surface area contributed by atoms with E-state index in [1.54, 1.807) is 22.0 Å². The van der Waals surface area contributed by atoms with Crippen LogP contribution in [0.4, 0.5) is 4.79 Å². The van der Waals surface area contributed by atoms with Gasteiger partial charge in [0.25, 0.3) is 5.91 Å². The fourth-order valence-corrected chi connectivity index (χ4v) is 3.51. The van der Waals surface area contributed by atoms with E-state index >= 15 is 0 Å². The van der Waals surface area contributed by atoms with Crippen LogP contribution in [0.5, 0.6) is 0 Å². The molecule has 7 heteroatoms. The fraction of sp³-hybridized carbons (Fsp3) is 0.389. The largest absolute Gasteiger partial charge is 0.439 e. The molecule has 3 heterocycles. The van der Waals surface area contributed by atoms with Crippen LogP contribution in [0.3, 0.4) is 0 Å². The first kappa shape index (κ1) is 15.7. The number of carbonyl (C=O) groups excluding carboxylic acids is 2. The standard InChI is InChI=1S/C18H20N4O3/c23-16(21-8-4-7-18(13-21)12-19-17(24)25-18)15-9-20-22(11-15)10-14-5-2-1-3-6-14/h1-3,5-6,9,11H,4,7-8,10,12-13H2,(H,19,24). The summed E-state index contributed by atoms with van der Waals surface area (Å²) in [4.78, 5) is 25.9. The highest BCUT2D eigenvalue weighted by molar-refractivity contribution is 5.94. The van der Waals surface area contributed by atoms with Crippen molar-refractivity contribution in [3.8, 4) is 0 Å². The Kier molecular flexibility index (Phi) is 3.91. The highest BCUT2D eigenvalue weighted by atomic mass is 16.6. The molecule has 2 fully saturated rings. The van der Waals surface area contributed by atoms with Crippen LogP contribution in [0.1, 0.15) is 28.8 Å². The molecule has 25 heavy (non-hydrogen) atoms. The van der Waals surface area contributed by atoms with Crippen molar-refractivity contribution in [2.75, 3.05) is 19.6 Å². The minimum absolute atomic E-state index is 0.0682. The van der Waals surface area contributed by atoms with Gasteiger partial charge in [-0.3, -0.25) is 9.48 Å². The van der Waals surface area contributed by atoms with E-state index < -0.39 is 11.7 Å². The van der Waals surface area contributed by atoms with Crippen LogP contribution < -0.4 is 5.32 Å². The van der Waals surface area contributed by atoms with Crippen LogP contribution in [0.25, 0.3) is 0 Å². The van der Waals surface area contributed by atoms with Gasteiger partial charge >= 0.3 is 6.09 Å². The van der Waals surface area contributed by atoms with Crippen molar-refractivity contribution >= 4 is 12.0 Å². The van der Waals surface area contributed by atoms with Crippen molar-refractivity contribution in [1.82, 2.24) is 20.0 Å². The molecule has 130 valence electrons. The molecule has 0 bridgehead atoms. The molecule has 1 N–H and O–H groups in total. The monoisotopic (exact) mass is 340 g/mol. The summed E-state index contributed by atoms with van der Waals surface area (Å²) < 4.78 is 7.19. The van der Waals surface area contributed by atoms with Gasteiger partial charge in [-0.15, -0.1) is 0 Å². The molecule has 1 atom stereocenters. The highest BCUT2D eigenvalue weighted by Crippen LogP contribution is 2.28. The number of piperidine rings is 1. The van der Waals surface area contributed by atoms with Gasteiger partial charge in [0.2, 0.25) is 0 Å². The summed E-state index contributed by atoms with van der Waals surface area (Å²) in [5, 5.41) is 7.00. The van der Waals surface area contributed by atoms with Crippen LogP contribution >= 0.6 is 0 Å². The van der Waals surface area contributed by atoms with Gasteiger partial charge in [0.15, 0.2) is 0 Å². The number of ether oxygens (including phenoxy) is 1. The molecule has 2 aromatic rings. The third-order valence-corrected chi connectivity index (χ3v) is 4.76. The van der Waals surface area contributed by atoms with Gasteiger partial charge in [-0.1, -0.05) is 30.3 Å². The van der Waals surface area contributed by atoms with E-state index in [-0.39, 0.29) is 5.91 Å². The number of alkyl carbamates (subject to hydrolysis) is 1. The Hall–Kier alpha value is -2.83. The number of nitrogens with zero attached hydrogens (tertiary/aromatic N) is 3. The van der Waals surface area contributed by atoms with Crippen molar-refractivity contribution in [3.05, 3.63) is 53.9 Å². The molecule has 0 aliphatic carbocycles. The Morgan fingerprint density at radius 3 is 2.92 bits per heavy atom. The van der Waals surface area contributed by atoms with Crippen molar-refractivity contribution in [1.29, 1.82) is 0 Å². The number of amides is 2. The predicted molar refractivity (Wildman–Crippen MR) is 90.1 cm³/mol. The van der Waals surface area contributed by atoms with Crippen molar-refractivity contribution in [3.63, 3.8) is 0 Å². The lowest BCUT2D eigenvalue weighted by atomic mass is 9.93. The van der Waals surface area contributed by atoms with Crippen LogP contribution in [0, 0.1) is 0 Å². The second-order valence-electron chi connectivity index (χ2n) is 6.67. The molecule has 2 saturated heterocycles. The first-order valence-electron chi connectivity index (χ1n) is 8.46. The normalized spacial score (nSPS) is 22.7. The Morgan fingerprint density at radius 2 is 2.16 bits per heavy atom. The molecule has 2 aliphatic heterocycles. The molecule has 1 unspecified atom stereocenters. The Morgan fingerprint density at radius 1 is 1.32 bits per heavy atom. The Labute approximate surface area is 145 Å². The van der Waals surface area contributed by atoms with Crippen molar-refractivity contribution in [2.45, 2.75) is 25.0 Å². The smallest absolute Gasteiger partial charge is 0.407 e. The van der Waals surface area contributed by atoms with Crippen LogP contribution in [-0.4, -0.2) is 51.9 Å². The van der Waals surface area contributed by atoms with E-state index in [9.17, 15) is 9.59 Å². The third-order valence-electron chi connectivity index (χ3n) is 4.76. The highest BCUT2D eigenvalue weighted by Gasteiger charge is 2.44. The topological polar surface area (TPSA) is 76.5 Å². The van der Waals surface area contributed by atoms with E-state index in [4.69, 9.17) is 4.74 Å². The van der Waals surface area contributed by atoms with Crippen LogP contribution in [0.15, 0.2) is 42.7 Å². The fourth-order valence-electron chi connectivity index (χ4n) is 3.51. The number of aromatic nitrogens is 2. The van der Waals surface area contributed by atoms with Gasteiger partial charge in [-0.05, 0) is 18.4 Å². The summed E-state index contributed by atoms with van der Waals surface area (Å²) in [5.41, 5.74) is 1.11. The van der Waals surface area contributed by atoms with Gasteiger partial charge in [-0.25, -0.2) is 4.79 Å². The SMILES string of the molecule is O=C1NCC2(CCCN(C(=O)c3cnn(Cc4ccccc4)c3)C2)O1. The molecule has 4 rings (SSSR count). The number of hydrogen-bond acceptors (Lipinski definition) is 4. The number of benzene rings is 1. The summed E-state index contributed by atoms with van der Waals surface area (Å²) in [6.07, 6.45) is 4.58. The number of nitrogens with one attached hydrogen (secondary N) is 1. The molecular weight excluding hydrogens is 320 g/mol. The molecule has 1 spiro atoms. The number of carbonyl (C=O) groups is 2. The minimum Gasteiger partial charge on any atom is -0.439 e. The quantitative estimate of drug-likeness (QED) is 0.922. The molecule has 0 saturated carbocycles. The molecule has 2 aliphatic rings. The minimum atomic E-state index is -0.578. The van der Waals surface area contributed by atoms with Gasteiger partial charge in [0.1, 0.15) is 5.60 Å². The second-order valence-corrected chi connectivity index (χ2v) is 6.67. The zero-order valence-corrected chi connectivity index (χ0v) is 13.9. The Balaban J connectivity index is 1.45. The summed E-state index contributed by atoms with van der Waals surface area (Å²) in [6, 6.07) is 9.99. The first-order valence-corrected chi connectivity index (χ1v) is 8.46. The third kappa shape index (κ3) is 3.22. The lowest BCUT2D eigenvalue weighted by molar-refractivity contribution is -0.00504. The number of rotatable bonds is 3. The van der Waals surface area contributed by atoms with Gasteiger partial charge in [0.05, 0.1) is 31.4 Å². The van der Waals surface area contributed by atoms with E-state index in [0.29, 0.717) is 31.7 Å². The van der Waals surface area contributed by atoms with Gasteiger partial charge in [0, 0.05) is 12.7 Å². The molecule has 0 radical (unpaired) electrons. The molecule has 2 amide bonds. The maximum Gasteiger partial charge on any atom is 0.407 e. The zero-order chi connectivity index (χ0) is 17.3. The molecular formula is C18H20N4O3. The number of likely N-dealkylation sites (tertiary alicyclic amines) is 1. The van der Waals surface area contributed by atoms with E-state index in [0.717, 1.165) is 18.4 Å². The average Bonchev–Trinajstić information content (AvgIpc) is 3.22. The molecule has 7 nitrogen and oxygen atoms in total. The maximum absolute atomic E-state index is 12.8.